The first-order valence-electron chi connectivity index (χ1n) is 9.96. The van der Waals surface area contributed by atoms with Gasteiger partial charge in [0, 0.05) is 31.6 Å². The summed E-state index contributed by atoms with van der Waals surface area (Å²) in [5.41, 5.74) is 0.891. The summed E-state index contributed by atoms with van der Waals surface area (Å²) in [6.07, 6.45) is 6.75. The van der Waals surface area contributed by atoms with Crippen molar-refractivity contribution in [2.45, 2.75) is 44.6 Å². The molecule has 3 rings (SSSR count). The van der Waals surface area contributed by atoms with Crippen molar-refractivity contribution in [3.05, 3.63) is 30.3 Å². The first kappa shape index (κ1) is 18.7. The number of nitrogens with one attached hydrogen (secondary N) is 3. The van der Waals surface area contributed by atoms with E-state index in [9.17, 15) is 9.59 Å². The number of benzene rings is 1. The summed E-state index contributed by atoms with van der Waals surface area (Å²) in [6.45, 7) is 4.90. The number of likely N-dealkylation sites (tertiary alicyclic amines) is 1. The molecule has 0 saturated carbocycles. The highest BCUT2D eigenvalue weighted by molar-refractivity contribution is 5.96. The van der Waals surface area contributed by atoms with E-state index in [4.69, 9.17) is 0 Å². The second kappa shape index (κ2) is 9.57. The van der Waals surface area contributed by atoms with E-state index in [1.54, 1.807) is 9.80 Å². The van der Waals surface area contributed by atoms with Crippen molar-refractivity contribution in [1.29, 1.82) is 0 Å². The molecule has 142 valence electrons. The van der Waals surface area contributed by atoms with Crippen LogP contribution in [-0.2, 0) is 4.79 Å². The third kappa shape index (κ3) is 5.46. The van der Waals surface area contributed by atoms with E-state index >= 15 is 0 Å². The van der Waals surface area contributed by atoms with E-state index < -0.39 is 0 Å². The van der Waals surface area contributed by atoms with Crippen LogP contribution in [0.2, 0.25) is 0 Å². The van der Waals surface area contributed by atoms with Gasteiger partial charge in [-0.1, -0.05) is 18.2 Å². The van der Waals surface area contributed by atoms with Crippen molar-refractivity contribution in [2.75, 3.05) is 37.6 Å². The Morgan fingerprint density at radius 1 is 1.12 bits per heavy atom. The summed E-state index contributed by atoms with van der Waals surface area (Å²) in [5.74, 6) is 0.0614. The SMILES string of the molecule is O=C(NCCC[NH+]1CCCCCC1)N[C@H]1CC(=O)N(c2ccccc2)C1. The van der Waals surface area contributed by atoms with Crippen LogP contribution in [0.15, 0.2) is 30.3 Å². The maximum atomic E-state index is 12.2. The number of hydrogen-bond donors (Lipinski definition) is 3. The number of rotatable bonds is 6. The molecular formula is C20H31N4O2+. The van der Waals surface area contributed by atoms with E-state index in [1.165, 1.54) is 38.8 Å². The summed E-state index contributed by atoms with van der Waals surface area (Å²) in [6, 6.07) is 9.32. The van der Waals surface area contributed by atoms with Crippen LogP contribution in [0.4, 0.5) is 10.5 Å². The molecule has 26 heavy (non-hydrogen) atoms. The lowest BCUT2D eigenvalue weighted by molar-refractivity contribution is -0.899. The topological polar surface area (TPSA) is 65.9 Å². The zero-order chi connectivity index (χ0) is 18.2. The predicted molar refractivity (Wildman–Crippen MR) is 102 cm³/mol. The fourth-order valence-electron chi connectivity index (χ4n) is 3.92. The minimum Gasteiger partial charge on any atom is -0.338 e. The number of nitrogens with zero attached hydrogens (tertiary/aromatic N) is 1. The van der Waals surface area contributed by atoms with Crippen LogP contribution in [-0.4, -0.2) is 50.7 Å². The largest absolute Gasteiger partial charge is 0.338 e. The predicted octanol–water partition coefficient (Wildman–Crippen LogP) is 0.940. The van der Waals surface area contributed by atoms with Gasteiger partial charge < -0.3 is 20.4 Å². The Kier molecular flexibility index (Phi) is 6.89. The Hall–Kier alpha value is -2.08. The number of urea groups is 1. The monoisotopic (exact) mass is 359 g/mol. The summed E-state index contributed by atoms with van der Waals surface area (Å²) in [5, 5.41) is 5.88. The maximum absolute atomic E-state index is 12.2. The van der Waals surface area contributed by atoms with Crippen LogP contribution in [0.5, 0.6) is 0 Å². The Balaban J connectivity index is 1.34. The average Bonchev–Trinajstić information content (AvgIpc) is 2.84. The minimum atomic E-state index is -0.163. The molecule has 0 aromatic heterocycles. The van der Waals surface area contributed by atoms with Gasteiger partial charge >= 0.3 is 6.03 Å². The number of quaternary nitrogens is 1. The molecule has 1 aromatic rings. The lowest BCUT2D eigenvalue weighted by Crippen LogP contribution is -3.11. The molecule has 2 fully saturated rings. The number of amides is 3. The van der Waals surface area contributed by atoms with Crippen molar-refractivity contribution in [3.8, 4) is 0 Å². The zero-order valence-corrected chi connectivity index (χ0v) is 15.5. The van der Waals surface area contributed by atoms with Gasteiger partial charge in [0.2, 0.25) is 5.91 Å². The van der Waals surface area contributed by atoms with Crippen molar-refractivity contribution in [2.24, 2.45) is 0 Å². The summed E-state index contributed by atoms with van der Waals surface area (Å²) in [4.78, 5) is 27.7. The van der Waals surface area contributed by atoms with Gasteiger partial charge in [-0.2, -0.15) is 0 Å². The van der Waals surface area contributed by atoms with Crippen LogP contribution in [0.3, 0.4) is 0 Å². The van der Waals surface area contributed by atoms with Gasteiger partial charge in [-0.25, -0.2) is 4.79 Å². The molecule has 3 amide bonds. The first-order chi connectivity index (χ1) is 12.7. The molecule has 2 aliphatic heterocycles. The van der Waals surface area contributed by atoms with E-state index in [2.05, 4.69) is 10.6 Å². The molecule has 6 nitrogen and oxygen atoms in total. The molecule has 0 unspecified atom stereocenters. The van der Waals surface area contributed by atoms with Crippen molar-refractivity contribution in [1.82, 2.24) is 10.6 Å². The third-order valence-electron chi connectivity index (χ3n) is 5.33. The highest BCUT2D eigenvalue weighted by atomic mass is 16.2. The van der Waals surface area contributed by atoms with Crippen LogP contribution < -0.4 is 20.4 Å². The number of anilines is 1. The molecule has 2 saturated heterocycles. The number of carbonyl (C=O) groups is 2. The first-order valence-corrected chi connectivity index (χ1v) is 9.96. The lowest BCUT2D eigenvalue weighted by Gasteiger charge is -2.18. The highest BCUT2D eigenvalue weighted by Gasteiger charge is 2.31. The molecule has 2 aliphatic rings. The zero-order valence-electron chi connectivity index (χ0n) is 15.5. The second-order valence-electron chi connectivity index (χ2n) is 7.41. The normalized spacial score (nSPS) is 21.5. The van der Waals surface area contributed by atoms with E-state index in [-0.39, 0.29) is 18.0 Å². The van der Waals surface area contributed by atoms with Gasteiger partial charge in [-0.3, -0.25) is 4.79 Å². The van der Waals surface area contributed by atoms with Gasteiger partial charge in [-0.05, 0) is 37.8 Å². The molecular weight excluding hydrogens is 328 g/mol. The van der Waals surface area contributed by atoms with Crippen LogP contribution in [0.25, 0.3) is 0 Å². The van der Waals surface area contributed by atoms with Crippen molar-refractivity contribution < 1.29 is 14.5 Å². The van der Waals surface area contributed by atoms with Crippen LogP contribution >= 0.6 is 0 Å². The number of para-hydroxylation sites is 1. The third-order valence-corrected chi connectivity index (χ3v) is 5.33. The molecule has 0 spiro atoms. The Bertz CT molecular complexity index is 585. The summed E-state index contributed by atoms with van der Waals surface area (Å²) < 4.78 is 0. The van der Waals surface area contributed by atoms with Crippen molar-refractivity contribution in [3.63, 3.8) is 0 Å². The van der Waals surface area contributed by atoms with Crippen LogP contribution in [0, 0.1) is 0 Å². The van der Waals surface area contributed by atoms with Gasteiger partial charge in [0.25, 0.3) is 0 Å². The molecule has 6 heteroatoms. The Labute approximate surface area is 155 Å². The quantitative estimate of drug-likeness (QED) is 0.662. The number of hydrogen-bond acceptors (Lipinski definition) is 2. The average molecular weight is 359 g/mol. The summed E-state index contributed by atoms with van der Waals surface area (Å²) >= 11 is 0. The standard InChI is InChI=1S/C20H30N4O2/c25-19-15-17(16-24(19)18-9-4-3-5-10-18)22-20(26)21-11-8-14-23-12-6-1-2-7-13-23/h3-5,9-10,17H,1-2,6-8,11-16H2,(H2,21,22,26)/p+1/t17-/m0/s1. The fraction of sp³-hybridized carbons (Fsp3) is 0.600. The molecule has 0 bridgehead atoms. The molecule has 1 aromatic carbocycles. The molecule has 2 heterocycles. The lowest BCUT2D eigenvalue weighted by atomic mass is 10.2. The Morgan fingerprint density at radius 3 is 2.58 bits per heavy atom. The highest BCUT2D eigenvalue weighted by Crippen LogP contribution is 2.20. The maximum Gasteiger partial charge on any atom is 0.315 e. The van der Waals surface area contributed by atoms with Crippen molar-refractivity contribution >= 4 is 17.6 Å². The molecule has 0 radical (unpaired) electrons. The number of carbonyl (C=O) groups excluding carboxylic acids is 2. The molecule has 0 aliphatic carbocycles. The van der Waals surface area contributed by atoms with Crippen LogP contribution in [0.1, 0.15) is 38.5 Å². The van der Waals surface area contributed by atoms with Gasteiger partial charge in [0.05, 0.1) is 25.7 Å². The van der Waals surface area contributed by atoms with E-state index in [0.717, 1.165) is 18.7 Å². The summed E-state index contributed by atoms with van der Waals surface area (Å²) in [7, 11) is 0. The smallest absolute Gasteiger partial charge is 0.315 e. The van der Waals surface area contributed by atoms with Gasteiger partial charge in [0.1, 0.15) is 0 Å². The van der Waals surface area contributed by atoms with Gasteiger partial charge in [0.15, 0.2) is 0 Å². The van der Waals surface area contributed by atoms with E-state index in [1.807, 2.05) is 30.3 Å². The minimum absolute atomic E-state index is 0.0614. The second-order valence-corrected chi connectivity index (χ2v) is 7.41. The van der Waals surface area contributed by atoms with Gasteiger partial charge in [-0.15, -0.1) is 0 Å². The fourth-order valence-corrected chi connectivity index (χ4v) is 3.92. The van der Waals surface area contributed by atoms with E-state index in [0.29, 0.717) is 19.5 Å². The molecule has 3 N–H and O–H groups in total. The molecule has 1 atom stereocenters. The Morgan fingerprint density at radius 2 is 1.85 bits per heavy atom.